The van der Waals surface area contributed by atoms with E-state index in [9.17, 15) is 4.79 Å². The van der Waals surface area contributed by atoms with Crippen molar-refractivity contribution in [3.8, 4) is 5.69 Å². The van der Waals surface area contributed by atoms with Crippen LogP contribution in [0.2, 0.25) is 0 Å². The number of nitrogens with zero attached hydrogens (tertiary/aromatic N) is 6. The Morgan fingerprint density at radius 2 is 1.97 bits per heavy atom. The highest BCUT2D eigenvalue weighted by Gasteiger charge is 2.20. The molecule has 0 aliphatic carbocycles. The molecule has 3 heterocycles. The summed E-state index contributed by atoms with van der Waals surface area (Å²) in [7, 11) is 1.81. The third-order valence-corrected chi connectivity index (χ3v) is 6.22. The standard InChI is InChI=1S/C25H33N7O/c1-5-10-21-22-23(30(4)29-21)24(33)28-25(27-22)31(16-18(6-2)7-3)17-19-11-8-12-20(15-19)32-14-9-13-26-32/h8-9,11-15,18H,5-7,10,16-17H2,1-4H3,(H,27,28,33). The van der Waals surface area contributed by atoms with Crippen molar-refractivity contribution in [2.24, 2.45) is 13.0 Å². The van der Waals surface area contributed by atoms with E-state index in [1.807, 2.05) is 29.1 Å². The van der Waals surface area contributed by atoms with Gasteiger partial charge in [-0.2, -0.15) is 10.2 Å². The Morgan fingerprint density at radius 1 is 1.15 bits per heavy atom. The van der Waals surface area contributed by atoms with Crippen molar-refractivity contribution >= 4 is 17.0 Å². The zero-order valence-electron chi connectivity index (χ0n) is 20.0. The highest BCUT2D eigenvalue weighted by atomic mass is 16.1. The fourth-order valence-corrected chi connectivity index (χ4v) is 4.31. The number of anilines is 1. The second kappa shape index (κ2) is 10.0. The van der Waals surface area contributed by atoms with E-state index in [4.69, 9.17) is 4.98 Å². The van der Waals surface area contributed by atoms with Crippen molar-refractivity contribution in [1.29, 1.82) is 0 Å². The van der Waals surface area contributed by atoms with E-state index in [0.717, 1.165) is 49.2 Å². The number of hydrogen-bond donors (Lipinski definition) is 1. The predicted octanol–water partition coefficient (Wildman–Crippen LogP) is 4.24. The molecular weight excluding hydrogens is 414 g/mol. The molecule has 0 saturated carbocycles. The van der Waals surface area contributed by atoms with Crippen molar-refractivity contribution in [2.45, 2.75) is 53.0 Å². The summed E-state index contributed by atoms with van der Waals surface area (Å²) >= 11 is 0. The highest BCUT2D eigenvalue weighted by molar-refractivity contribution is 5.77. The van der Waals surface area contributed by atoms with Gasteiger partial charge in [0.1, 0.15) is 5.52 Å². The third-order valence-electron chi connectivity index (χ3n) is 6.22. The van der Waals surface area contributed by atoms with E-state index >= 15 is 0 Å². The monoisotopic (exact) mass is 447 g/mol. The predicted molar refractivity (Wildman–Crippen MR) is 132 cm³/mol. The van der Waals surface area contributed by atoms with Gasteiger partial charge in [-0.1, -0.05) is 52.2 Å². The van der Waals surface area contributed by atoms with Crippen LogP contribution in [0.4, 0.5) is 5.95 Å². The molecule has 0 amide bonds. The molecule has 0 aliphatic heterocycles. The SMILES string of the molecule is CCCc1nn(C)c2c(=O)[nH]c(N(Cc3cccc(-n4cccn4)c3)CC(CC)CC)nc12. The van der Waals surface area contributed by atoms with E-state index in [-0.39, 0.29) is 5.56 Å². The van der Waals surface area contributed by atoms with E-state index in [0.29, 0.717) is 29.4 Å². The lowest BCUT2D eigenvalue weighted by Gasteiger charge is -2.27. The quantitative estimate of drug-likeness (QED) is 0.393. The van der Waals surface area contributed by atoms with Crippen LogP contribution in [0.5, 0.6) is 0 Å². The van der Waals surface area contributed by atoms with E-state index < -0.39 is 0 Å². The Labute approximate surface area is 194 Å². The Kier molecular flexibility index (Phi) is 6.91. The van der Waals surface area contributed by atoms with Crippen LogP contribution in [0.1, 0.15) is 51.3 Å². The largest absolute Gasteiger partial charge is 0.338 e. The molecule has 0 aliphatic rings. The molecule has 0 fully saturated rings. The first kappa shape index (κ1) is 22.8. The molecule has 0 saturated heterocycles. The normalized spacial score (nSPS) is 11.5. The maximum atomic E-state index is 13.0. The number of H-pyrrole nitrogens is 1. The third kappa shape index (κ3) is 4.84. The van der Waals surface area contributed by atoms with Crippen molar-refractivity contribution in [1.82, 2.24) is 29.5 Å². The summed E-state index contributed by atoms with van der Waals surface area (Å²) < 4.78 is 3.50. The molecule has 174 valence electrons. The summed E-state index contributed by atoms with van der Waals surface area (Å²) in [4.78, 5) is 23.2. The maximum Gasteiger partial charge on any atom is 0.278 e. The number of aromatic nitrogens is 6. The van der Waals surface area contributed by atoms with E-state index in [2.05, 4.69) is 53.0 Å². The van der Waals surface area contributed by atoms with Crippen LogP contribution in [-0.4, -0.2) is 36.1 Å². The summed E-state index contributed by atoms with van der Waals surface area (Å²) in [6.07, 6.45) is 7.60. The van der Waals surface area contributed by atoms with Gasteiger partial charge in [-0.05, 0) is 36.1 Å². The van der Waals surface area contributed by atoms with Gasteiger partial charge >= 0.3 is 0 Å². The summed E-state index contributed by atoms with van der Waals surface area (Å²) in [5.74, 6) is 1.11. The lowest BCUT2D eigenvalue weighted by molar-refractivity contribution is 0.478. The zero-order valence-corrected chi connectivity index (χ0v) is 20.0. The van der Waals surface area contributed by atoms with Gasteiger partial charge in [-0.25, -0.2) is 9.67 Å². The number of benzene rings is 1. The van der Waals surface area contributed by atoms with Crippen LogP contribution < -0.4 is 10.5 Å². The fourth-order valence-electron chi connectivity index (χ4n) is 4.31. The van der Waals surface area contributed by atoms with Crippen LogP contribution >= 0.6 is 0 Å². The topological polar surface area (TPSA) is 84.6 Å². The first-order valence-electron chi connectivity index (χ1n) is 11.8. The van der Waals surface area contributed by atoms with Crippen molar-refractivity contribution in [2.75, 3.05) is 11.4 Å². The summed E-state index contributed by atoms with van der Waals surface area (Å²) in [6, 6.07) is 10.2. The van der Waals surface area contributed by atoms with Gasteiger partial charge in [-0.3, -0.25) is 14.5 Å². The van der Waals surface area contributed by atoms with Gasteiger partial charge in [-0.15, -0.1) is 0 Å². The smallest absolute Gasteiger partial charge is 0.278 e. The van der Waals surface area contributed by atoms with E-state index in [1.165, 1.54) is 0 Å². The second-order valence-corrected chi connectivity index (χ2v) is 8.59. The number of fused-ring (bicyclic) bond motifs is 1. The van der Waals surface area contributed by atoms with Crippen molar-refractivity contribution in [3.05, 3.63) is 64.3 Å². The van der Waals surface area contributed by atoms with Crippen LogP contribution in [0.3, 0.4) is 0 Å². The first-order valence-corrected chi connectivity index (χ1v) is 11.8. The minimum Gasteiger partial charge on any atom is -0.338 e. The minimum atomic E-state index is -0.146. The summed E-state index contributed by atoms with van der Waals surface area (Å²) in [5, 5.41) is 8.91. The maximum absolute atomic E-state index is 13.0. The highest BCUT2D eigenvalue weighted by Crippen LogP contribution is 2.22. The average molecular weight is 448 g/mol. The first-order chi connectivity index (χ1) is 16.0. The molecule has 1 aromatic carbocycles. The number of nitrogens with one attached hydrogen (secondary N) is 1. The molecule has 4 rings (SSSR count). The minimum absolute atomic E-state index is 0.146. The molecule has 4 aromatic rings. The van der Waals surface area contributed by atoms with Crippen molar-refractivity contribution in [3.63, 3.8) is 0 Å². The van der Waals surface area contributed by atoms with Gasteiger partial charge < -0.3 is 4.90 Å². The lowest BCUT2D eigenvalue weighted by atomic mass is 10.0. The summed E-state index contributed by atoms with van der Waals surface area (Å²) in [6.45, 7) is 8.00. The molecule has 0 atom stereocenters. The van der Waals surface area contributed by atoms with Crippen LogP contribution in [-0.2, 0) is 20.0 Å². The second-order valence-electron chi connectivity index (χ2n) is 8.59. The molecular formula is C25H33N7O. The average Bonchev–Trinajstić information content (AvgIpc) is 3.46. The fraction of sp³-hybridized carbons (Fsp3) is 0.440. The van der Waals surface area contributed by atoms with Gasteiger partial charge in [0, 0.05) is 32.5 Å². The lowest BCUT2D eigenvalue weighted by Crippen LogP contribution is -2.32. The van der Waals surface area contributed by atoms with Crippen molar-refractivity contribution < 1.29 is 0 Å². The molecule has 0 spiro atoms. The van der Waals surface area contributed by atoms with E-state index in [1.54, 1.807) is 17.9 Å². The van der Waals surface area contributed by atoms with Gasteiger partial charge in [0.25, 0.3) is 5.56 Å². The van der Waals surface area contributed by atoms with Crippen LogP contribution in [0, 0.1) is 5.92 Å². The van der Waals surface area contributed by atoms with Crippen LogP contribution in [0.25, 0.3) is 16.7 Å². The number of rotatable bonds is 10. The Bertz CT molecular complexity index is 1250. The molecule has 1 N–H and O–H groups in total. The molecule has 0 radical (unpaired) electrons. The number of aryl methyl sites for hydroxylation is 2. The molecule has 33 heavy (non-hydrogen) atoms. The number of aromatic amines is 1. The Morgan fingerprint density at radius 3 is 2.67 bits per heavy atom. The summed E-state index contributed by atoms with van der Waals surface area (Å²) in [5.41, 5.74) is 4.12. The molecule has 8 heteroatoms. The van der Waals surface area contributed by atoms with Crippen LogP contribution in [0.15, 0.2) is 47.5 Å². The van der Waals surface area contributed by atoms with Gasteiger partial charge in [0.05, 0.1) is 11.4 Å². The zero-order chi connectivity index (χ0) is 23.4. The number of hydrogen-bond acceptors (Lipinski definition) is 5. The molecule has 3 aromatic heterocycles. The van der Waals surface area contributed by atoms with Gasteiger partial charge in [0.15, 0.2) is 5.52 Å². The molecule has 0 unspecified atom stereocenters. The van der Waals surface area contributed by atoms with Gasteiger partial charge in [0.2, 0.25) is 5.95 Å². The Balaban J connectivity index is 1.75. The molecule has 8 nitrogen and oxygen atoms in total. The Hall–Kier alpha value is -3.42. The molecule has 0 bridgehead atoms.